The van der Waals surface area contributed by atoms with Crippen LogP contribution in [0.25, 0.3) is 0 Å². The van der Waals surface area contributed by atoms with Gasteiger partial charge in [-0.1, -0.05) is 32.0 Å². The molecular formula is C14H21N2O2. The molecule has 0 fully saturated rings. The normalized spacial score (nSPS) is 10.6. The number of benzene rings is 1. The Labute approximate surface area is 109 Å². The summed E-state index contributed by atoms with van der Waals surface area (Å²) in [7, 11) is 0. The van der Waals surface area contributed by atoms with Crippen LogP contribution in [0, 0.1) is 6.07 Å². The second-order valence-corrected chi connectivity index (χ2v) is 4.06. The quantitative estimate of drug-likeness (QED) is 0.808. The summed E-state index contributed by atoms with van der Waals surface area (Å²) in [4.78, 5) is 14.8. The van der Waals surface area contributed by atoms with E-state index < -0.39 is 6.09 Å². The zero-order chi connectivity index (χ0) is 13.4. The van der Waals surface area contributed by atoms with Crippen molar-refractivity contribution >= 4 is 11.8 Å². The molecule has 1 amide bonds. The van der Waals surface area contributed by atoms with Crippen LogP contribution in [0.5, 0.6) is 0 Å². The topological polar surface area (TPSA) is 43.8 Å². The van der Waals surface area contributed by atoms with Crippen LogP contribution in [-0.4, -0.2) is 42.3 Å². The number of rotatable bonds is 7. The average molecular weight is 249 g/mol. The fourth-order valence-corrected chi connectivity index (χ4v) is 1.86. The molecule has 4 nitrogen and oxygen atoms in total. The molecule has 0 bridgehead atoms. The molecule has 4 heteroatoms. The van der Waals surface area contributed by atoms with E-state index in [1.165, 1.54) is 4.90 Å². The van der Waals surface area contributed by atoms with Crippen LogP contribution in [0.4, 0.5) is 10.5 Å². The Morgan fingerprint density at radius 3 is 2.50 bits per heavy atom. The van der Waals surface area contributed by atoms with E-state index in [1.54, 1.807) is 12.1 Å². The summed E-state index contributed by atoms with van der Waals surface area (Å²) in [6.45, 7) is 7.66. The Balaban J connectivity index is 2.52. The summed E-state index contributed by atoms with van der Waals surface area (Å²) in [6.07, 6.45) is -0.0894. The Morgan fingerprint density at radius 1 is 1.28 bits per heavy atom. The maximum Gasteiger partial charge on any atom is 0.411 e. The number of hydrogen-bond acceptors (Lipinski definition) is 2. The van der Waals surface area contributed by atoms with Gasteiger partial charge in [0.05, 0.1) is 5.69 Å². The number of nitrogens with zero attached hydrogens (tertiary/aromatic N) is 2. The first-order chi connectivity index (χ1) is 8.69. The van der Waals surface area contributed by atoms with E-state index in [0.29, 0.717) is 12.2 Å². The molecule has 1 aromatic rings. The van der Waals surface area contributed by atoms with Crippen molar-refractivity contribution in [3.8, 4) is 0 Å². The van der Waals surface area contributed by atoms with E-state index >= 15 is 0 Å². The molecule has 0 aliphatic carbocycles. The lowest BCUT2D eigenvalue weighted by Gasteiger charge is -2.22. The van der Waals surface area contributed by atoms with Crippen LogP contribution in [0.1, 0.15) is 20.3 Å². The molecule has 0 saturated carbocycles. The molecule has 0 aliphatic heterocycles. The van der Waals surface area contributed by atoms with Gasteiger partial charge in [-0.15, -0.1) is 0 Å². The molecule has 1 N–H and O–H groups in total. The molecule has 1 radical (unpaired) electrons. The predicted octanol–water partition coefficient (Wildman–Crippen LogP) is 2.70. The van der Waals surface area contributed by atoms with Gasteiger partial charge in [0.2, 0.25) is 0 Å². The van der Waals surface area contributed by atoms with Gasteiger partial charge >= 0.3 is 6.09 Å². The maximum absolute atomic E-state index is 11.2. The van der Waals surface area contributed by atoms with Crippen molar-refractivity contribution in [1.29, 1.82) is 0 Å². The second kappa shape index (κ2) is 7.71. The molecular weight excluding hydrogens is 228 g/mol. The Hall–Kier alpha value is -1.55. The molecule has 0 aliphatic rings. The molecule has 0 saturated heterocycles. The van der Waals surface area contributed by atoms with Crippen LogP contribution in [0.2, 0.25) is 0 Å². The van der Waals surface area contributed by atoms with Crippen molar-refractivity contribution in [2.45, 2.75) is 20.3 Å². The highest BCUT2D eigenvalue weighted by Gasteiger charge is 2.13. The summed E-state index contributed by atoms with van der Waals surface area (Å²) in [5.74, 6) is 0. The fraction of sp³-hybridized carbons (Fsp3) is 0.500. The minimum absolute atomic E-state index is 0.506. The van der Waals surface area contributed by atoms with Gasteiger partial charge in [-0.2, -0.15) is 0 Å². The highest BCUT2D eigenvalue weighted by molar-refractivity contribution is 5.85. The summed E-state index contributed by atoms with van der Waals surface area (Å²) in [5, 5.41) is 9.20. The van der Waals surface area contributed by atoms with Crippen molar-refractivity contribution < 1.29 is 9.90 Å². The van der Waals surface area contributed by atoms with Crippen molar-refractivity contribution in [3.63, 3.8) is 0 Å². The first-order valence-corrected chi connectivity index (χ1v) is 6.38. The van der Waals surface area contributed by atoms with Crippen LogP contribution in [-0.2, 0) is 0 Å². The van der Waals surface area contributed by atoms with Crippen molar-refractivity contribution in [3.05, 3.63) is 30.3 Å². The molecule has 0 aromatic heterocycles. The third-order valence-electron chi connectivity index (χ3n) is 2.96. The number of para-hydroxylation sites is 1. The van der Waals surface area contributed by atoms with Gasteiger partial charge in [-0.25, -0.2) is 4.79 Å². The largest absolute Gasteiger partial charge is 0.465 e. The van der Waals surface area contributed by atoms with E-state index in [-0.39, 0.29) is 0 Å². The predicted molar refractivity (Wildman–Crippen MR) is 73.1 cm³/mol. The Bertz CT molecular complexity index is 350. The smallest absolute Gasteiger partial charge is 0.411 e. The Kier molecular flexibility index (Phi) is 6.22. The van der Waals surface area contributed by atoms with Crippen molar-refractivity contribution in [2.24, 2.45) is 0 Å². The van der Waals surface area contributed by atoms with Gasteiger partial charge in [0.1, 0.15) is 0 Å². The van der Waals surface area contributed by atoms with Gasteiger partial charge in [0.25, 0.3) is 0 Å². The van der Waals surface area contributed by atoms with Crippen LogP contribution in [0.3, 0.4) is 0 Å². The van der Waals surface area contributed by atoms with Crippen LogP contribution < -0.4 is 4.90 Å². The SMILES string of the molecule is CCN(CC)CCCN(C(=O)O)c1[c]cccc1. The number of carboxylic acid groups (broad SMARTS) is 1. The van der Waals surface area contributed by atoms with Crippen LogP contribution in [0.15, 0.2) is 24.3 Å². The van der Waals surface area contributed by atoms with E-state index in [2.05, 4.69) is 24.8 Å². The van der Waals surface area contributed by atoms with Gasteiger partial charge in [0.15, 0.2) is 0 Å². The zero-order valence-electron chi connectivity index (χ0n) is 11.1. The maximum atomic E-state index is 11.2. The third kappa shape index (κ3) is 4.37. The number of hydrogen-bond donors (Lipinski definition) is 1. The van der Waals surface area contributed by atoms with Crippen molar-refractivity contribution in [2.75, 3.05) is 31.1 Å². The summed E-state index contributed by atoms with van der Waals surface area (Å²) >= 11 is 0. The molecule has 1 rings (SSSR count). The molecule has 0 atom stereocenters. The van der Waals surface area contributed by atoms with E-state index in [4.69, 9.17) is 0 Å². The monoisotopic (exact) mass is 249 g/mol. The fourth-order valence-electron chi connectivity index (χ4n) is 1.86. The lowest BCUT2D eigenvalue weighted by Crippen LogP contribution is -2.33. The molecule has 18 heavy (non-hydrogen) atoms. The Morgan fingerprint density at radius 2 is 2.00 bits per heavy atom. The van der Waals surface area contributed by atoms with Crippen molar-refractivity contribution in [1.82, 2.24) is 4.90 Å². The first-order valence-electron chi connectivity index (χ1n) is 6.38. The standard InChI is InChI=1S/C14H21N2O2/c1-3-15(4-2)11-8-12-16(14(17)18)13-9-6-5-7-10-13/h5-7,9H,3-4,8,11-12H2,1-2H3,(H,17,18). The zero-order valence-corrected chi connectivity index (χ0v) is 11.1. The molecule has 0 spiro atoms. The first kappa shape index (κ1) is 14.5. The average Bonchev–Trinajstić information content (AvgIpc) is 2.39. The molecule has 0 unspecified atom stereocenters. The number of amides is 1. The van der Waals surface area contributed by atoms with Crippen LogP contribution >= 0.6 is 0 Å². The number of carbonyl (C=O) groups is 1. The lowest BCUT2D eigenvalue weighted by atomic mass is 10.2. The minimum atomic E-state index is -0.919. The second-order valence-electron chi connectivity index (χ2n) is 4.06. The van der Waals surface area contributed by atoms with Gasteiger partial charge in [-0.05, 0) is 32.1 Å². The van der Waals surface area contributed by atoms with Gasteiger partial charge in [0, 0.05) is 12.6 Å². The van der Waals surface area contributed by atoms with E-state index in [1.807, 2.05) is 12.1 Å². The summed E-state index contributed by atoms with van der Waals surface area (Å²) in [6, 6.07) is 10.1. The molecule has 99 valence electrons. The van der Waals surface area contributed by atoms with E-state index in [0.717, 1.165) is 26.1 Å². The highest BCUT2D eigenvalue weighted by Crippen LogP contribution is 2.13. The van der Waals surface area contributed by atoms with Gasteiger partial charge < -0.3 is 10.0 Å². The highest BCUT2D eigenvalue weighted by atomic mass is 16.4. The van der Waals surface area contributed by atoms with Gasteiger partial charge in [-0.3, -0.25) is 4.90 Å². The molecule has 0 heterocycles. The lowest BCUT2D eigenvalue weighted by molar-refractivity contribution is 0.201. The third-order valence-corrected chi connectivity index (χ3v) is 2.96. The molecule has 1 aromatic carbocycles. The number of anilines is 1. The minimum Gasteiger partial charge on any atom is -0.465 e. The van der Waals surface area contributed by atoms with E-state index in [9.17, 15) is 9.90 Å². The summed E-state index contributed by atoms with van der Waals surface area (Å²) < 4.78 is 0. The summed E-state index contributed by atoms with van der Waals surface area (Å²) in [5.41, 5.74) is 0.615.